The van der Waals surface area contributed by atoms with E-state index in [1.807, 2.05) is 11.5 Å². The van der Waals surface area contributed by atoms with Crippen LogP contribution in [0.1, 0.15) is 6.92 Å². The summed E-state index contributed by atoms with van der Waals surface area (Å²) in [5.41, 5.74) is 0. The van der Waals surface area contributed by atoms with Crippen LogP contribution in [-0.4, -0.2) is 33.7 Å². The van der Waals surface area contributed by atoms with Crippen molar-refractivity contribution >= 4 is 6.21 Å². The Balaban J connectivity index is 2.15. The molecule has 12 heavy (non-hydrogen) atoms. The third-order valence-corrected chi connectivity index (χ3v) is 1.43. The van der Waals surface area contributed by atoms with Crippen molar-refractivity contribution in [2.45, 2.75) is 19.6 Å². The van der Waals surface area contributed by atoms with E-state index in [0.717, 1.165) is 6.54 Å². The summed E-state index contributed by atoms with van der Waals surface area (Å²) in [5.74, 6) is 0. The van der Waals surface area contributed by atoms with E-state index in [1.54, 1.807) is 12.7 Å². The van der Waals surface area contributed by atoms with Gasteiger partial charge in [0.1, 0.15) is 12.7 Å². The van der Waals surface area contributed by atoms with Gasteiger partial charge in [-0.3, -0.25) is 0 Å². The monoisotopic (exact) mass is 168 g/mol. The molecule has 1 atom stereocenters. The van der Waals surface area contributed by atoms with Crippen molar-refractivity contribution in [2.24, 2.45) is 0 Å². The van der Waals surface area contributed by atoms with Gasteiger partial charge in [0.2, 0.25) is 0 Å². The molecule has 1 aromatic rings. The van der Waals surface area contributed by atoms with Crippen molar-refractivity contribution in [3.05, 3.63) is 12.7 Å². The second-order valence-electron chi connectivity index (χ2n) is 2.44. The van der Waals surface area contributed by atoms with Crippen molar-refractivity contribution < 1.29 is 4.74 Å². The van der Waals surface area contributed by atoms with E-state index in [0.29, 0.717) is 6.61 Å². The summed E-state index contributed by atoms with van der Waals surface area (Å²) in [7, 11) is 0. The normalized spacial score (nSPS) is 12.8. The summed E-state index contributed by atoms with van der Waals surface area (Å²) in [5, 5.41) is 14.2. The SMILES string of the molecule is CC(C=N)OCCn1cnnc1. The minimum atomic E-state index is -0.110. The predicted molar refractivity (Wildman–Crippen MR) is 44.2 cm³/mol. The Kier molecular flexibility index (Phi) is 3.40. The zero-order chi connectivity index (χ0) is 8.81. The van der Waals surface area contributed by atoms with Gasteiger partial charge in [-0.05, 0) is 6.92 Å². The standard InChI is InChI=1S/C7H12N4O/c1-7(4-8)12-3-2-11-5-9-10-6-11/h4-8H,2-3H2,1H3. The first-order chi connectivity index (χ1) is 5.83. The number of nitrogens with zero attached hydrogens (tertiary/aromatic N) is 3. The van der Waals surface area contributed by atoms with Gasteiger partial charge in [0.05, 0.1) is 12.7 Å². The van der Waals surface area contributed by atoms with Crippen LogP contribution in [0.2, 0.25) is 0 Å². The van der Waals surface area contributed by atoms with Crippen LogP contribution in [0, 0.1) is 5.41 Å². The third-order valence-electron chi connectivity index (χ3n) is 1.43. The fourth-order valence-corrected chi connectivity index (χ4v) is 0.730. The van der Waals surface area contributed by atoms with E-state index in [2.05, 4.69) is 10.2 Å². The summed E-state index contributed by atoms with van der Waals surface area (Å²) in [6, 6.07) is 0. The Morgan fingerprint density at radius 1 is 1.58 bits per heavy atom. The topological polar surface area (TPSA) is 63.8 Å². The van der Waals surface area contributed by atoms with Gasteiger partial charge in [0.25, 0.3) is 0 Å². The average molecular weight is 168 g/mol. The molecule has 5 nitrogen and oxygen atoms in total. The highest BCUT2D eigenvalue weighted by Crippen LogP contribution is 1.88. The molecule has 0 aliphatic carbocycles. The number of rotatable bonds is 5. The number of hydrogen-bond acceptors (Lipinski definition) is 4. The van der Waals surface area contributed by atoms with E-state index in [9.17, 15) is 0 Å². The third kappa shape index (κ3) is 2.79. The maximum atomic E-state index is 6.88. The van der Waals surface area contributed by atoms with Crippen LogP contribution in [-0.2, 0) is 11.3 Å². The van der Waals surface area contributed by atoms with Crippen LogP contribution in [0.25, 0.3) is 0 Å². The molecule has 1 heterocycles. The molecular formula is C7H12N4O. The molecule has 1 unspecified atom stereocenters. The Bertz CT molecular complexity index is 221. The smallest absolute Gasteiger partial charge is 0.119 e. The molecule has 1 aromatic heterocycles. The second kappa shape index (κ2) is 4.61. The summed E-state index contributed by atoms with van der Waals surface area (Å²) in [4.78, 5) is 0. The molecule has 0 amide bonds. The Hall–Kier alpha value is -1.23. The van der Waals surface area contributed by atoms with E-state index < -0.39 is 0 Å². The molecule has 0 aromatic carbocycles. The van der Waals surface area contributed by atoms with Crippen molar-refractivity contribution in [1.82, 2.24) is 14.8 Å². The van der Waals surface area contributed by atoms with Crippen molar-refractivity contribution in [1.29, 1.82) is 5.41 Å². The van der Waals surface area contributed by atoms with Crippen LogP contribution in [0.5, 0.6) is 0 Å². The lowest BCUT2D eigenvalue weighted by Crippen LogP contribution is -2.13. The molecule has 1 rings (SSSR count). The van der Waals surface area contributed by atoms with Gasteiger partial charge in [0, 0.05) is 12.8 Å². The quantitative estimate of drug-likeness (QED) is 0.644. The number of nitrogens with one attached hydrogen (secondary N) is 1. The summed E-state index contributed by atoms with van der Waals surface area (Å²) in [6.45, 7) is 3.14. The van der Waals surface area contributed by atoms with Crippen LogP contribution < -0.4 is 0 Å². The highest BCUT2D eigenvalue weighted by Gasteiger charge is 1.96. The second-order valence-corrected chi connectivity index (χ2v) is 2.44. The Morgan fingerprint density at radius 3 is 2.83 bits per heavy atom. The minimum absolute atomic E-state index is 0.110. The van der Waals surface area contributed by atoms with E-state index in [4.69, 9.17) is 10.1 Å². The van der Waals surface area contributed by atoms with Gasteiger partial charge in [-0.1, -0.05) is 0 Å². The van der Waals surface area contributed by atoms with Gasteiger partial charge in [-0.2, -0.15) is 0 Å². The largest absolute Gasteiger partial charge is 0.371 e. The van der Waals surface area contributed by atoms with Gasteiger partial charge in [-0.15, -0.1) is 10.2 Å². The van der Waals surface area contributed by atoms with Crippen molar-refractivity contribution in [2.75, 3.05) is 6.61 Å². The fraction of sp³-hybridized carbons (Fsp3) is 0.571. The maximum Gasteiger partial charge on any atom is 0.119 e. The molecule has 0 aliphatic rings. The van der Waals surface area contributed by atoms with Gasteiger partial charge >= 0.3 is 0 Å². The first-order valence-electron chi connectivity index (χ1n) is 3.77. The molecule has 0 saturated carbocycles. The summed E-state index contributed by atoms with van der Waals surface area (Å²) < 4.78 is 7.08. The van der Waals surface area contributed by atoms with Crippen LogP contribution in [0.4, 0.5) is 0 Å². The molecule has 0 aliphatic heterocycles. The Morgan fingerprint density at radius 2 is 2.25 bits per heavy atom. The molecular weight excluding hydrogens is 156 g/mol. The van der Waals surface area contributed by atoms with E-state index in [1.165, 1.54) is 6.21 Å². The van der Waals surface area contributed by atoms with Crippen molar-refractivity contribution in [3.8, 4) is 0 Å². The lowest BCUT2D eigenvalue weighted by atomic mass is 10.4. The highest BCUT2D eigenvalue weighted by molar-refractivity contribution is 5.58. The molecule has 0 fully saturated rings. The predicted octanol–water partition coefficient (Wildman–Crippen LogP) is 0.333. The zero-order valence-electron chi connectivity index (χ0n) is 6.97. The number of hydrogen-bond donors (Lipinski definition) is 1. The molecule has 0 bridgehead atoms. The lowest BCUT2D eigenvalue weighted by Gasteiger charge is -2.06. The first-order valence-corrected chi connectivity index (χ1v) is 3.77. The molecule has 0 saturated heterocycles. The summed E-state index contributed by atoms with van der Waals surface area (Å²) in [6.07, 6.45) is 4.43. The van der Waals surface area contributed by atoms with Crippen LogP contribution >= 0.6 is 0 Å². The highest BCUT2D eigenvalue weighted by atomic mass is 16.5. The van der Waals surface area contributed by atoms with Crippen LogP contribution in [0.3, 0.4) is 0 Å². The Labute approximate surface area is 70.9 Å². The lowest BCUT2D eigenvalue weighted by molar-refractivity contribution is 0.105. The van der Waals surface area contributed by atoms with Gasteiger partial charge in [-0.25, -0.2) is 0 Å². The van der Waals surface area contributed by atoms with Gasteiger partial charge < -0.3 is 14.7 Å². The first kappa shape index (κ1) is 8.86. The fourth-order valence-electron chi connectivity index (χ4n) is 0.730. The minimum Gasteiger partial charge on any atom is -0.371 e. The molecule has 5 heteroatoms. The molecule has 1 N–H and O–H groups in total. The van der Waals surface area contributed by atoms with Crippen LogP contribution in [0.15, 0.2) is 12.7 Å². The zero-order valence-corrected chi connectivity index (χ0v) is 6.97. The van der Waals surface area contributed by atoms with E-state index in [-0.39, 0.29) is 6.10 Å². The number of aromatic nitrogens is 3. The molecule has 0 radical (unpaired) electrons. The number of ether oxygens (including phenoxy) is 1. The average Bonchev–Trinajstić information content (AvgIpc) is 2.57. The van der Waals surface area contributed by atoms with Crippen molar-refractivity contribution in [3.63, 3.8) is 0 Å². The summed E-state index contributed by atoms with van der Waals surface area (Å²) >= 11 is 0. The molecule has 0 spiro atoms. The molecule has 66 valence electrons. The maximum absolute atomic E-state index is 6.88. The van der Waals surface area contributed by atoms with Gasteiger partial charge in [0.15, 0.2) is 0 Å². The van der Waals surface area contributed by atoms with E-state index >= 15 is 0 Å².